The zero-order valence-electron chi connectivity index (χ0n) is 14.2. The third-order valence-electron chi connectivity index (χ3n) is 4.66. The highest BCUT2D eigenvalue weighted by molar-refractivity contribution is 5.91. The van der Waals surface area contributed by atoms with Gasteiger partial charge in [-0.3, -0.25) is 14.4 Å². The minimum absolute atomic E-state index is 0.0628. The molecule has 5 heteroatoms. The number of fused-ring (bicyclic) bond motifs is 1. The fourth-order valence-electron chi connectivity index (χ4n) is 3.43. The number of aromatic nitrogens is 2. The number of likely N-dealkylation sites (tertiary alicyclic amines) is 1. The van der Waals surface area contributed by atoms with Crippen molar-refractivity contribution in [2.75, 3.05) is 18.4 Å². The number of carbonyl (C=O) groups is 1. The molecule has 5 nitrogen and oxygen atoms in total. The quantitative estimate of drug-likeness (QED) is 0.779. The molecule has 4 rings (SSSR count). The Morgan fingerprint density at radius 3 is 2.80 bits per heavy atom. The summed E-state index contributed by atoms with van der Waals surface area (Å²) in [7, 11) is 0. The van der Waals surface area contributed by atoms with Gasteiger partial charge in [0.05, 0.1) is 11.7 Å². The zero-order valence-corrected chi connectivity index (χ0v) is 14.2. The molecule has 1 aliphatic heterocycles. The maximum atomic E-state index is 12.4. The minimum Gasteiger partial charge on any atom is -0.324 e. The molecule has 1 aliphatic rings. The fourth-order valence-corrected chi connectivity index (χ4v) is 3.43. The van der Waals surface area contributed by atoms with Crippen LogP contribution in [0.2, 0.25) is 0 Å². The molecule has 0 spiro atoms. The summed E-state index contributed by atoms with van der Waals surface area (Å²) in [5.74, 6) is -0.0628. The van der Waals surface area contributed by atoms with E-state index >= 15 is 0 Å². The molecule has 2 heterocycles. The number of nitrogens with one attached hydrogen (secondary N) is 1. The summed E-state index contributed by atoms with van der Waals surface area (Å²) < 4.78 is 1.73. The number of para-hydroxylation sites is 1. The fraction of sp³-hybridized carbons (Fsp3) is 0.300. The van der Waals surface area contributed by atoms with Gasteiger partial charge in [-0.05, 0) is 49.7 Å². The van der Waals surface area contributed by atoms with Gasteiger partial charge >= 0.3 is 0 Å². The number of benzene rings is 2. The van der Waals surface area contributed by atoms with Crippen LogP contribution in [-0.2, 0) is 17.9 Å². The highest BCUT2D eigenvalue weighted by Crippen LogP contribution is 2.17. The normalized spacial score (nSPS) is 14.9. The van der Waals surface area contributed by atoms with E-state index in [-0.39, 0.29) is 12.5 Å². The topological polar surface area (TPSA) is 50.2 Å². The van der Waals surface area contributed by atoms with Gasteiger partial charge in [0.25, 0.3) is 0 Å². The largest absolute Gasteiger partial charge is 0.324 e. The second-order valence-electron chi connectivity index (χ2n) is 6.59. The molecule has 0 unspecified atom stereocenters. The van der Waals surface area contributed by atoms with Crippen LogP contribution in [0.5, 0.6) is 0 Å². The van der Waals surface area contributed by atoms with Gasteiger partial charge in [-0.15, -0.1) is 0 Å². The summed E-state index contributed by atoms with van der Waals surface area (Å²) in [6.07, 6.45) is 4.36. The van der Waals surface area contributed by atoms with Gasteiger partial charge in [0.15, 0.2) is 0 Å². The summed E-state index contributed by atoms with van der Waals surface area (Å²) in [5.41, 5.74) is 3.06. The van der Waals surface area contributed by atoms with Crippen LogP contribution in [0.1, 0.15) is 18.4 Å². The van der Waals surface area contributed by atoms with Crippen molar-refractivity contribution in [1.82, 2.24) is 14.7 Å². The number of carbonyl (C=O) groups excluding carboxylic acids is 1. The van der Waals surface area contributed by atoms with Crippen LogP contribution < -0.4 is 5.32 Å². The van der Waals surface area contributed by atoms with Gasteiger partial charge in [0, 0.05) is 17.6 Å². The first-order valence-electron chi connectivity index (χ1n) is 8.80. The van der Waals surface area contributed by atoms with Crippen molar-refractivity contribution in [3.8, 4) is 0 Å². The Hall–Kier alpha value is -2.66. The van der Waals surface area contributed by atoms with Crippen molar-refractivity contribution in [1.29, 1.82) is 0 Å². The lowest BCUT2D eigenvalue weighted by molar-refractivity contribution is -0.116. The Labute approximate surface area is 147 Å². The number of rotatable bonds is 5. The summed E-state index contributed by atoms with van der Waals surface area (Å²) in [6.45, 7) is 3.50. The summed E-state index contributed by atoms with van der Waals surface area (Å²) in [5, 5.41) is 8.35. The van der Waals surface area contributed by atoms with Gasteiger partial charge in [0.1, 0.15) is 6.54 Å². The predicted molar refractivity (Wildman–Crippen MR) is 99.3 cm³/mol. The van der Waals surface area contributed by atoms with Gasteiger partial charge in [-0.2, -0.15) is 5.10 Å². The molecule has 25 heavy (non-hydrogen) atoms. The summed E-state index contributed by atoms with van der Waals surface area (Å²) in [4.78, 5) is 14.9. The number of nitrogens with zero attached hydrogens (tertiary/aromatic N) is 3. The molecular weight excluding hydrogens is 312 g/mol. The molecule has 128 valence electrons. The molecule has 0 bridgehead atoms. The van der Waals surface area contributed by atoms with E-state index < -0.39 is 0 Å². The lowest BCUT2D eigenvalue weighted by atomic mass is 10.2. The third-order valence-corrected chi connectivity index (χ3v) is 4.66. The van der Waals surface area contributed by atoms with Crippen molar-refractivity contribution in [3.05, 3.63) is 60.3 Å². The monoisotopic (exact) mass is 334 g/mol. The molecule has 1 fully saturated rings. The molecule has 1 amide bonds. The second kappa shape index (κ2) is 7.07. The average Bonchev–Trinajstić information content (AvgIpc) is 3.26. The first-order valence-corrected chi connectivity index (χ1v) is 8.80. The Bertz CT molecular complexity index is 880. The molecule has 2 aromatic carbocycles. The van der Waals surface area contributed by atoms with Gasteiger partial charge in [-0.1, -0.05) is 30.3 Å². The number of hydrogen-bond donors (Lipinski definition) is 1. The lowest BCUT2D eigenvalue weighted by Gasteiger charge is -2.15. The van der Waals surface area contributed by atoms with Crippen LogP contribution in [0.25, 0.3) is 10.9 Å². The van der Waals surface area contributed by atoms with Gasteiger partial charge in [0.2, 0.25) is 5.91 Å². The van der Waals surface area contributed by atoms with Crippen LogP contribution in [0.3, 0.4) is 0 Å². The first-order chi connectivity index (χ1) is 12.3. The second-order valence-corrected chi connectivity index (χ2v) is 6.59. The molecule has 1 saturated heterocycles. The molecule has 1 N–H and O–H groups in total. The molecule has 0 radical (unpaired) electrons. The zero-order chi connectivity index (χ0) is 17.1. The highest BCUT2D eigenvalue weighted by atomic mass is 16.2. The molecule has 0 saturated carbocycles. The van der Waals surface area contributed by atoms with Crippen LogP contribution >= 0.6 is 0 Å². The third kappa shape index (κ3) is 3.72. The predicted octanol–water partition coefficient (Wildman–Crippen LogP) is 3.27. The van der Waals surface area contributed by atoms with E-state index in [4.69, 9.17) is 0 Å². The van der Waals surface area contributed by atoms with Crippen LogP contribution in [0, 0.1) is 0 Å². The molecule has 1 aromatic heterocycles. The van der Waals surface area contributed by atoms with Crippen LogP contribution in [-0.4, -0.2) is 33.7 Å². The lowest BCUT2D eigenvalue weighted by Crippen LogP contribution is -2.20. The van der Waals surface area contributed by atoms with E-state index in [1.54, 1.807) is 10.9 Å². The van der Waals surface area contributed by atoms with Crippen LogP contribution in [0.15, 0.2) is 54.7 Å². The average molecular weight is 334 g/mol. The Morgan fingerprint density at radius 1 is 1.08 bits per heavy atom. The van der Waals surface area contributed by atoms with E-state index in [0.717, 1.165) is 23.1 Å². The van der Waals surface area contributed by atoms with Crippen molar-refractivity contribution >= 4 is 22.5 Å². The molecule has 3 aromatic rings. The standard InChI is InChI=1S/C20H22N4O/c25-20(15-24-19-9-2-1-7-17(19)13-21-24)22-18-8-5-6-16(12-18)14-23-10-3-4-11-23/h1-2,5-9,12-13H,3-4,10-11,14-15H2,(H,22,25). The Balaban J connectivity index is 1.42. The van der Waals surface area contributed by atoms with E-state index in [2.05, 4.69) is 27.4 Å². The first kappa shape index (κ1) is 15.8. The smallest absolute Gasteiger partial charge is 0.246 e. The van der Waals surface area contributed by atoms with Crippen LogP contribution in [0.4, 0.5) is 5.69 Å². The summed E-state index contributed by atoms with van der Waals surface area (Å²) in [6, 6.07) is 16.0. The minimum atomic E-state index is -0.0628. The molecule has 0 aliphatic carbocycles. The Morgan fingerprint density at radius 2 is 1.92 bits per heavy atom. The number of amides is 1. The summed E-state index contributed by atoms with van der Waals surface area (Å²) >= 11 is 0. The molecular formula is C20H22N4O. The maximum absolute atomic E-state index is 12.4. The SMILES string of the molecule is O=C(Cn1ncc2ccccc21)Nc1cccc(CN2CCCC2)c1. The van der Waals surface area contributed by atoms with E-state index in [9.17, 15) is 4.79 Å². The van der Waals surface area contributed by atoms with Crippen molar-refractivity contribution in [3.63, 3.8) is 0 Å². The highest BCUT2D eigenvalue weighted by Gasteiger charge is 2.12. The maximum Gasteiger partial charge on any atom is 0.246 e. The van der Waals surface area contributed by atoms with E-state index in [0.29, 0.717) is 0 Å². The van der Waals surface area contributed by atoms with E-state index in [1.165, 1.54) is 31.5 Å². The van der Waals surface area contributed by atoms with Gasteiger partial charge < -0.3 is 5.32 Å². The molecule has 0 atom stereocenters. The van der Waals surface area contributed by atoms with Crippen molar-refractivity contribution < 1.29 is 4.79 Å². The van der Waals surface area contributed by atoms with Crippen molar-refractivity contribution in [2.24, 2.45) is 0 Å². The number of anilines is 1. The Kier molecular flexibility index (Phi) is 4.48. The number of hydrogen-bond acceptors (Lipinski definition) is 3. The van der Waals surface area contributed by atoms with E-state index in [1.807, 2.05) is 36.4 Å². The van der Waals surface area contributed by atoms with Crippen molar-refractivity contribution in [2.45, 2.75) is 25.9 Å². The van der Waals surface area contributed by atoms with Gasteiger partial charge in [-0.25, -0.2) is 0 Å².